The predicted molar refractivity (Wildman–Crippen MR) is 50.9 cm³/mol. The predicted octanol–water partition coefficient (Wildman–Crippen LogP) is 2.06. The Balaban J connectivity index is 2.47. The molecule has 0 radical (unpaired) electrons. The zero-order chi connectivity index (χ0) is 10.1. The van der Waals surface area contributed by atoms with Crippen LogP contribution >= 0.6 is 0 Å². The molecule has 1 heterocycles. The first-order chi connectivity index (χ1) is 6.66. The minimum absolute atomic E-state index is 0.235. The van der Waals surface area contributed by atoms with Crippen molar-refractivity contribution in [3.63, 3.8) is 0 Å². The first kappa shape index (κ1) is 8.74. The van der Waals surface area contributed by atoms with Gasteiger partial charge in [0.2, 0.25) is 0 Å². The molecule has 4 heteroatoms. The van der Waals surface area contributed by atoms with Crippen LogP contribution in [0.2, 0.25) is 0 Å². The summed E-state index contributed by atoms with van der Waals surface area (Å²) in [6.45, 7) is 3.58. The number of aromatic nitrogens is 2. The van der Waals surface area contributed by atoms with Crippen molar-refractivity contribution in [3.05, 3.63) is 29.6 Å². The quantitative estimate of drug-likeness (QED) is 0.747. The molecule has 1 N–H and O–H groups in total. The third-order valence-corrected chi connectivity index (χ3v) is 1.98. The fourth-order valence-corrected chi connectivity index (χ4v) is 1.16. The van der Waals surface area contributed by atoms with Gasteiger partial charge in [-0.1, -0.05) is 11.2 Å². The molecule has 0 unspecified atom stereocenters. The van der Waals surface area contributed by atoms with Crippen LogP contribution in [0.15, 0.2) is 22.7 Å². The third-order valence-electron chi connectivity index (χ3n) is 1.98. The summed E-state index contributed by atoms with van der Waals surface area (Å²) in [7, 11) is 0. The van der Waals surface area contributed by atoms with Gasteiger partial charge >= 0.3 is 0 Å². The summed E-state index contributed by atoms with van der Waals surface area (Å²) in [5.74, 6) is 1.25. The zero-order valence-electron chi connectivity index (χ0n) is 7.98. The van der Waals surface area contributed by atoms with E-state index >= 15 is 0 Å². The summed E-state index contributed by atoms with van der Waals surface area (Å²) in [6, 6.07) is 5.26. The molecule has 0 amide bonds. The van der Waals surface area contributed by atoms with Gasteiger partial charge in [0.15, 0.2) is 5.82 Å². The number of hydrogen-bond acceptors (Lipinski definition) is 4. The van der Waals surface area contributed by atoms with Crippen LogP contribution in [0.4, 0.5) is 0 Å². The first-order valence-electron chi connectivity index (χ1n) is 4.27. The number of rotatable bonds is 1. The highest BCUT2D eigenvalue weighted by molar-refractivity contribution is 5.57. The lowest BCUT2D eigenvalue weighted by molar-refractivity contribution is 0.425. The van der Waals surface area contributed by atoms with Crippen LogP contribution < -0.4 is 0 Å². The maximum absolute atomic E-state index is 9.48. The van der Waals surface area contributed by atoms with Gasteiger partial charge in [-0.3, -0.25) is 0 Å². The van der Waals surface area contributed by atoms with Crippen molar-refractivity contribution in [2.24, 2.45) is 0 Å². The van der Waals surface area contributed by atoms with Gasteiger partial charge in [0.1, 0.15) is 5.75 Å². The molecule has 0 bridgehead atoms. The summed E-state index contributed by atoms with van der Waals surface area (Å²) < 4.78 is 4.97. The van der Waals surface area contributed by atoms with Gasteiger partial charge in [-0.25, -0.2) is 0 Å². The third kappa shape index (κ3) is 1.46. The average Bonchev–Trinajstić information content (AvgIpc) is 2.57. The number of aryl methyl sites for hydroxylation is 2. The Labute approximate surface area is 81.2 Å². The highest BCUT2D eigenvalue weighted by Crippen LogP contribution is 2.24. The second kappa shape index (κ2) is 3.14. The van der Waals surface area contributed by atoms with Crippen LogP contribution in [0.5, 0.6) is 5.75 Å². The topological polar surface area (TPSA) is 59.2 Å². The van der Waals surface area contributed by atoms with E-state index in [4.69, 9.17) is 4.52 Å². The molecule has 1 aromatic heterocycles. The minimum atomic E-state index is 0.235. The summed E-state index contributed by atoms with van der Waals surface area (Å²) in [4.78, 5) is 4.06. The molecule has 0 aliphatic heterocycles. The molecule has 2 rings (SSSR count). The van der Waals surface area contributed by atoms with E-state index in [1.54, 1.807) is 13.0 Å². The van der Waals surface area contributed by atoms with Gasteiger partial charge in [0.25, 0.3) is 5.89 Å². The molecule has 2 aromatic rings. The second-order valence-electron chi connectivity index (χ2n) is 3.15. The number of nitrogens with zero attached hydrogens (tertiary/aromatic N) is 2. The molecule has 1 aromatic carbocycles. The Morgan fingerprint density at radius 3 is 2.64 bits per heavy atom. The number of hydrogen-bond donors (Lipinski definition) is 1. The summed E-state index contributed by atoms with van der Waals surface area (Å²) in [5, 5.41) is 13.2. The van der Waals surface area contributed by atoms with Gasteiger partial charge < -0.3 is 9.63 Å². The van der Waals surface area contributed by atoms with Crippen molar-refractivity contribution < 1.29 is 9.63 Å². The highest BCUT2D eigenvalue weighted by Gasteiger charge is 2.07. The van der Waals surface area contributed by atoms with E-state index < -0.39 is 0 Å². The Bertz CT molecular complexity index is 463. The van der Waals surface area contributed by atoms with E-state index in [0.717, 1.165) is 11.1 Å². The lowest BCUT2D eigenvalue weighted by Gasteiger charge is -1.99. The maximum Gasteiger partial charge on any atom is 0.258 e. The molecule has 0 aliphatic carbocycles. The van der Waals surface area contributed by atoms with Crippen LogP contribution in [0, 0.1) is 13.8 Å². The molecule has 0 atom stereocenters. The summed E-state index contributed by atoms with van der Waals surface area (Å²) >= 11 is 0. The van der Waals surface area contributed by atoms with Gasteiger partial charge in [-0.15, -0.1) is 0 Å². The first-order valence-corrected chi connectivity index (χ1v) is 4.27. The standard InChI is InChI=1S/C10H10N2O2/c1-6-3-4-8(5-9(6)13)10-11-7(2)12-14-10/h3-5,13H,1-2H3. The van der Waals surface area contributed by atoms with E-state index in [9.17, 15) is 5.11 Å². The number of phenols is 1. The summed E-state index contributed by atoms with van der Waals surface area (Å²) in [6.07, 6.45) is 0. The van der Waals surface area contributed by atoms with E-state index in [2.05, 4.69) is 10.1 Å². The second-order valence-corrected chi connectivity index (χ2v) is 3.15. The molecule has 0 saturated heterocycles. The van der Waals surface area contributed by atoms with E-state index in [0.29, 0.717) is 11.7 Å². The lowest BCUT2D eigenvalue weighted by atomic mass is 10.1. The average molecular weight is 190 g/mol. The monoisotopic (exact) mass is 190 g/mol. The number of benzene rings is 1. The van der Waals surface area contributed by atoms with Crippen LogP contribution in [-0.2, 0) is 0 Å². The number of phenolic OH excluding ortho intramolecular Hbond substituents is 1. The number of aromatic hydroxyl groups is 1. The maximum atomic E-state index is 9.48. The fourth-order valence-electron chi connectivity index (χ4n) is 1.16. The molecule has 4 nitrogen and oxygen atoms in total. The van der Waals surface area contributed by atoms with Gasteiger partial charge in [-0.2, -0.15) is 4.98 Å². The largest absolute Gasteiger partial charge is 0.508 e. The summed E-state index contributed by atoms with van der Waals surface area (Å²) in [5.41, 5.74) is 1.55. The minimum Gasteiger partial charge on any atom is -0.508 e. The van der Waals surface area contributed by atoms with Crippen LogP contribution in [0.3, 0.4) is 0 Å². The molecule has 0 saturated carbocycles. The molecule has 0 fully saturated rings. The Morgan fingerprint density at radius 2 is 2.07 bits per heavy atom. The van der Waals surface area contributed by atoms with Crippen molar-refractivity contribution in [1.82, 2.24) is 10.1 Å². The molecule has 72 valence electrons. The van der Waals surface area contributed by atoms with Gasteiger partial charge in [-0.05, 0) is 31.5 Å². The van der Waals surface area contributed by atoms with Crippen LogP contribution in [-0.4, -0.2) is 15.2 Å². The fraction of sp³-hybridized carbons (Fsp3) is 0.200. The van der Waals surface area contributed by atoms with Crippen molar-refractivity contribution in [2.75, 3.05) is 0 Å². The smallest absolute Gasteiger partial charge is 0.258 e. The van der Waals surface area contributed by atoms with E-state index in [1.807, 2.05) is 19.1 Å². The van der Waals surface area contributed by atoms with Crippen LogP contribution in [0.1, 0.15) is 11.4 Å². The Hall–Kier alpha value is -1.84. The van der Waals surface area contributed by atoms with Crippen LogP contribution in [0.25, 0.3) is 11.5 Å². The van der Waals surface area contributed by atoms with Crippen molar-refractivity contribution in [1.29, 1.82) is 0 Å². The molecule has 0 aliphatic rings. The van der Waals surface area contributed by atoms with E-state index in [-0.39, 0.29) is 5.75 Å². The van der Waals surface area contributed by atoms with Crippen molar-refractivity contribution in [2.45, 2.75) is 13.8 Å². The van der Waals surface area contributed by atoms with Gasteiger partial charge in [0.05, 0.1) is 0 Å². The Morgan fingerprint density at radius 1 is 1.29 bits per heavy atom. The van der Waals surface area contributed by atoms with Crippen molar-refractivity contribution in [3.8, 4) is 17.2 Å². The van der Waals surface area contributed by atoms with Crippen molar-refractivity contribution >= 4 is 0 Å². The van der Waals surface area contributed by atoms with Gasteiger partial charge in [0, 0.05) is 5.56 Å². The Kier molecular flexibility index (Phi) is 1.96. The molecular formula is C10H10N2O2. The molecule has 0 spiro atoms. The normalized spacial score (nSPS) is 10.4. The molecule has 14 heavy (non-hydrogen) atoms. The SMILES string of the molecule is Cc1noc(-c2ccc(C)c(O)c2)n1. The van der Waals surface area contributed by atoms with E-state index in [1.165, 1.54) is 0 Å². The molecular weight excluding hydrogens is 180 g/mol. The lowest BCUT2D eigenvalue weighted by Crippen LogP contribution is -1.80. The zero-order valence-corrected chi connectivity index (χ0v) is 7.98. The highest BCUT2D eigenvalue weighted by atomic mass is 16.5.